The molecule has 1 heterocycles. The Bertz CT molecular complexity index is 645. The van der Waals surface area contributed by atoms with E-state index in [4.69, 9.17) is 4.42 Å². The van der Waals surface area contributed by atoms with Crippen molar-refractivity contribution in [2.24, 2.45) is 5.10 Å². The van der Waals surface area contributed by atoms with Crippen LogP contribution in [0.25, 0.3) is 0 Å². The number of hydrogen-bond acceptors (Lipinski definition) is 3. The standard InChI is InChI=1S/C16H17BrN2O2/c1-3-4-12-5-7-13(8-6-12)11(2)18-19-16(20)14-9-10-15(17)21-14/h5-10H,3-4H2,1-2H3,(H,19,20)/b18-11+. The lowest BCUT2D eigenvalue weighted by Gasteiger charge is -2.03. The van der Waals surface area contributed by atoms with Crippen LogP contribution in [0.3, 0.4) is 0 Å². The zero-order valence-corrected chi connectivity index (χ0v) is 13.6. The van der Waals surface area contributed by atoms with E-state index >= 15 is 0 Å². The van der Waals surface area contributed by atoms with E-state index in [0.717, 1.165) is 24.1 Å². The number of nitrogens with one attached hydrogen (secondary N) is 1. The third kappa shape index (κ3) is 4.29. The Kier molecular flexibility index (Phi) is 5.33. The molecular weight excluding hydrogens is 332 g/mol. The molecule has 110 valence electrons. The lowest BCUT2D eigenvalue weighted by Crippen LogP contribution is -2.18. The van der Waals surface area contributed by atoms with Gasteiger partial charge in [0.05, 0.1) is 5.71 Å². The van der Waals surface area contributed by atoms with Crippen LogP contribution in [-0.2, 0) is 6.42 Å². The van der Waals surface area contributed by atoms with Crippen LogP contribution in [0.1, 0.15) is 41.9 Å². The largest absolute Gasteiger partial charge is 0.444 e. The molecule has 0 spiro atoms. The maximum absolute atomic E-state index is 11.8. The quantitative estimate of drug-likeness (QED) is 0.651. The molecule has 0 saturated heterocycles. The van der Waals surface area contributed by atoms with Crippen molar-refractivity contribution in [2.75, 3.05) is 0 Å². The average Bonchev–Trinajstić information content (AvgIpc) is 2.92. The molecule has 0 aliphatic carbocycles. The first-order valence-corrected chi connectivity index (χ1v) is 7.58. The number of benzene rings is 1. The summed E-state index contributed by atoms with van der Waals surface area (Å²) in [4.78, 5) is 11.8. The second-order valence-corrected chi connectivity index (χ2v) is 5.47. The van der Waals surface area contributed by atoms with E-state index in [1.165, 1.54) is 5.56 Å². The fourth-order valence-corrected chi connectivity index (χ4v) is 2.20. The van der Waals surface area contributed by atoms with Crippen molar-refractivity contribution in [1.29, 1.82) is 0 Å². The Hall–Kier alpha value is -1.88. The molecule has 0 aliphatic heterocycles. The Labute approximate surface area is 132 Å². The van der Waals surface area contributed by atoms with Gasteiger partial charge in [-0.15, -0.1) is 0 Å². The third-order valence-corrected chi connectivity index (χ3v) is 3.46. The summed E-state index contributed by atoms with van der Waals surface area (Å²) in [6.07, 6.45) is 2.20. The highest BCUT2D eigenvalue weighted by atomic mass is 79.9. The van der Waals surface area contributed by atoms with Gasteiger partial charge in [-0.3, -0.25) is 4.79 Å². The minimum Gasteiger partial charge on any atom is -0.444 e. The Morgan fingerprint density at radius 1 is 1.24 bits per heavy atom. The van der Waals surface area contributed by atoms with Crippen molar-refractivity contribution < 1.29 is 9.21 Å². The molecule has 0 aliphatic rings. The summed E-state index contributed by atoms with van der Waals surface area (Å²) in [7, 11) is 0. The van der Waals surface area contributed by atoms with E-state index in [9.17, 15) is 4.79 Å². The summed E-state index contributed by atoms with van der Waals surface area (Å²) in [6, 6.07) is 11.5. The molecule has 0 unspecified atom stereocenters. The van der Waals surface area contributed by atoms with Crippen LogP contribution in [0.5, 0.6) is 0 Å². The van der Waals surface area contributed by atoms with Crippen molar-refractivity contribution in [3.8, 4) is 0 Å². The second-order valence-electron chi connectivity index (χ2n) is 4.69. The first-order valence-electron chi connectivity index (χ1n) is 6.79. The smallest absolute Gasteiger partial charge is 0.307 e. The van der Waals surface area contributed by atoms with Gasteiger partial charge in [0, 0.05) is 0 Å². The van der Waals surface area contributed by atoms with Gasteiger partial charge < -0.3 is 4.42 Å². The Morgan fingerprint density at radius 2 is 1.95 bits per heavy atom. The topological polar surface area (TPSA) is 54.6 Å². The predicted molar refractivity (Wildman–Crippen MR) is 86.5 cm³/mol. The summed E-state index contributed by atoms with van der Waals surface area (Å²) in [5.74, 6) is -0.153. The molecular formula is C16H17BrN2O2. The molecule has 21 heavy (non-hydrogen) atoms. The number of rotatable bonds is 5. The van der Waals surface area contributed by atoms with Crippen molar-refractivity contribution >= 4 is 27.5 Å². The molecule has 2 rings (SSSR count). The van der Waals surface area contributed by atoms with Crippen LogP contribution < -0.4 is 5.43 Å². The number of furan rings is 1. The van der Waals surface area contributed by atoms with Gasteiger partial charge in [-0.25, -0.2) is 5.43 Å². The molecule has 4 nitrogen and oxygen atoms in total. The molecule has 0 saturated carbocycles. The van der Waals surface area contributed by atoms with E-state index in [1.54, 1.807) is 12.1 Å². The van der Waals surface area contributed by atoms with Gasteiger partial charge in [-0.2, -0.15) is 5.10 Å². The molecule has 0 atom stereocenters. The molecule has 1 aromatic heterocycles. The number of halogens is 1. The van der Waals surface area contributed by atoms with Crippen LogP contribution in [0.4, 0.5) is 0 Å². The van der Waals surface area contributed by atoms with E-state index in [-0.39, 0.29) is 11.7 Å². The summed E-state index contributed by atoms with van der Waals surface area (Å²) < 4.78 is 5.68. The lowest BCUT2D eigenvalue weighted by molar-refractivity contribution is 0.0926. The minimum absolute atomic E-state index is 0.219. The number of aryl methyl sites for hydroxylation is 1. The summed E-state index contributed by atoms with van der Waals surface area (Å²) in [5, 5.41) is 4.10. The number of carbonyl (C=O) groups excluding carboxylic acids is 1. The highest BCUT2D eigenvalue weighted by Gasteiger charge is 2.09. The van der Waals surface area contributed by atoms with Gasteiger partial charge in [0.15, 0.2) is 10.4 Å². The molecule has 1 N–H and O–H groups in total. The van der Waals surface area contributed by atoms with E-state index < -0.39 is 0 Å². The molecule has 5 heteroatoms. The van der Waals surface area contributed by atoms with Gasteiger partial charge in [0.2, 0.25) is 0 Å². The van der Waals surface area contributed by atoms with E-state index in [1.807, 2.05) is 19.1 Å². The van der Waals surface area contributed by atoms with E-state index in [0.29, 0.717) is 4.67 Å². The third-order valence-electron chi connectivity index (χ3n) is 3.03. The van der Waals surface area contributed by atoms with Gasteiger partial charge >= 0.3 is 5.91 Å². The summed E-state index contributed by atoms with van der Waals surface area (Å²) in [5.41, 5.74) is 5.52. The van der Waals surface area contributed by atoms with Gasteiger partial charge in [0.1, 0.15) is 0 Å². The lowest BCUT2D eigenvalue weighted by atomic mass is 10.1. The highest BCUT2D eigenvalue weighted by Crippen LogP contribution is 2.13. The number of nitrogens with zero attached hydrogens (tertiary/aromatic N) is 1. The molecule has 0 bridgehead atoms. The SMILES string of the molecule is CCCc1ccc(/C(C)=N/NC(=O)c2ccc(Br)o2)cc1. The Balaban J connectivity index is 2.01. The van der Waals surface area contributed by atoms with Crippen LogP contribution in [0.15, 0.2) is 50.6 Å². The normalized spacial score (nSPS) is 11.5. The molecule has 2 aromatic rings. The zero-order chi connectivity index (χ0) is 15.2. The first kappa shape index (κ1) is 15.5. The fraction of sp³-hybridized carbons (Fsp3) is 0.250. The summed E-state index contributed by atoms with van der Waals surface area (Å²) >= 11 is 3.15. The number of amides is 1. The first-order chi connectivity index (χ1) is 10.1. The molecule has 0 radical (unpaired) electrons. The molecule has 1 amide bonds. The minimum atomic E-state index is -0.373. The van der Waals surface area contributed by atoms with E-state index in [2.05, 4.69) is 45.5 Å². The zero-order valence-electron chi connectivity index (χ0n) is 12.0. The predicted octanol–water partition coefficient (Wildman–Crippen LogP) is 4.15. The molecule has 1 aromatic carbocycles. The average molecular weight is 349 g/mol. The number of hydrazone groups is 1. The Morgan fingerprint density at radius 3 is 2.52 bits per heavy atom. The molecule has 0 fully saturated rings. The van der Waals surface area contributed by atoms with Crippen LogP contribution in [-0.4, -0.2) is 11.6 Å². The van der Waals surface area contributed by atoms with Gasteiger partial charge in [0.25, 0.3) is 0 Å². The number of hydrogen-bond donors (Lipinski definition) is 1. The van der Waals surface area contributed by atoms with Crippen molar-refractivity contribution in [1.82, 2.24) is 5.43 Å². The fourth-order valence-electron chi connectivity index (χ4n) is 1.89. The van der Waals surface area contributed by atoms with Crippen LogP contribution in [0, 0.1) is 0 Å². The maximum atomic E-state index is 11.8. The van der Waals surface area contributed by atoms with Crippen molar-refractivity contribution in [2.45, 2.75) is 26.7 Å². The monoisotopic (exact) mass is 348 g/mol. The second kappa shape index (κ2) is 7.22. The van der Waals surface area contributed by atoms with Crippen molar-refractivity contribution in [3.63, 3.8) is 0 Å². The number of carbonyl (C=O) groups is 1. The van der Waals surface area contributed by atoms with Crippen LogP contribution in [0.2, 0.25) is 0 Å². The van der Waals surface area contributed by atoms with Gasteiger partial charge in [-0.1, -0.05) is 37.6 Å². The van der Waals surface area contributed by atoms with Crippen LogP contribution >= 0.6 is 15.9 Å². The maximum Gasteiger partial charge on any atom is 0.307 e. The van der Waals surface area contributed by atoms with Gasteiger partial charge in [-0.05, 0) is 52.5 Å². The van der Waals surface area contributed by atoms with Crippen molar-refractivity contribution in [3.05, 3.63) is 58.0 Å². The highest BCUT2D eigenvalue weighted by molar-refractivity contribution is 9.10. The summed E-state index contributed by atoms with van der Waals surface area (Å²) in [6.45, 7) is 4.01.